The van der Waals surface area contributed by atoms with Crippen molar-refractivity contribution < 1.29 is 9.53 Å². The number of para-hydroxylation sites is 1. The fraction of sp³-hybridized carbons (Fsp3) is 0.409. The van der Waals surface area contributed by atoms with Crippen molar-refractivity contribution in [3.8, 4) is 5.75 Å². The molecule has 2 aromatic carbocycles. The number of carbonyl (C=O) groups is 1. The summed E-state index contributed by atoms with van der Waals surface area (Å²) < 4.78 is 6.36. The Hall–Kier alpha value is -1.98. The molecule has 0 aliphatic carbocycles. The monoisotopic (exact) mass is 382 g/mol. The van der Waals surface area contributed by atoms with Gasteiger partial charge >= 0.3 is 0 Å². The van der Waals surface area contributed by atoms with Crippen molar-refractivity contribution in [2.75, 3.05) is 37.7 Å². The molecule has 2 aromatic rings. The highest BCUT2D eigenvalue weighted by molar-refractivity contribution is 7.99. The predicted molar refractivity (Wildman–Crippen MR) is 110 cm³/mol. The molecule has 0 aromatic heterocycles. The SMILES string of the molecule is O=C(CCN1Cc2ccccc2OC(c2ccccc2)C1)N1CCSCC1. The van der Waals surface area contributed by atoms with E-state index in [-0.39, 0.29) is 12.0 Å². The van der Waals surface area contributed by atoms with Gasteiger partial charge in [0, 0.05) is 56.2 Å². The van der Waals surface area contributed by atoms with Crippen LogP contribution in [0.25, 0.3) is 0 Å². The molecule has 1 unspecified atom stereocenters. The molecular weight excluding hydrogens is 356 g/mol. The smallest absolute Gasteiger partial charge is 0.223 e. The van der Waals surface area contributed by atoms with Gasteiger partial charge in [0.2, 0.25) is 5.91 Å². The summed E-state index contributed by atoms with van der Waals surface area (Å²) >= 11 is 1.93. The average molecular weight is 383 g/mol. The molecule has 1 atom stereocenters. The molecule has 1 fully saturated rings. The molecule has 2 aliphatic heterocycles. The number of benzene rings is 2. The Kier molecular flexibility index (Phi) is 6.00. The van der Waals surface area contributed by atoms with Gasteiger partial charge in [0.1, 0.15) is 11.9 Å². The van der Waals surface area contributed by atoms with Crippen LogP contribution < -0.4 is 4.74 Å². The number of thioether (sulfide) groups is 1. The van der Waals surface area contributed by atoms with Gasteiger partial charge in [0.15, 0.2) is 0 Å². The zero-order valence-corrected chi connectivity index (χ0v) is 16.4. The first-order valence-electron chi connectivity index (χ1n) is 9.67. The Morgan fingerprint density at radius 1 is 1.04 bits per heavy atom. The van der Waals surface area contributed by atoms with Gasteiger partial charge in [-0.15, -0.1) is 0 Å². The minimum atomic E-state index is -0.0173. The topological polar surface area (TPSA) is 32.8 Å². The standard InChI is InChI=1S/C22H26N2O2S/c25-22(24-12-14-27-15-13-24)10-11-23-16-19-8-4-5-9-20(19)26-21(17-23)18-6-2-1-3-7-18/h1-9,21H,10-17H2. The van der Waals surface area contributed by atoms with Crippen LogP contribution in [0, 0.1) is 0 Å². The van der Waals surface area contributed by atoms with Crippen molar-refractivity contribution in [1.29, 1.82) is 0 Å². The minimum Gasteiger partial charge on any atom is -0.484 e. The third-order valence-electron chi connectivity index (χ3n) is 5.24. The number of hydrogen-bond donors (Lipinski definition) is 0. The van der Waals surface area contributed by atoms with E-state index in [0.717, 1.165) is 50.0 Å². The largest absolute Gasteiger partial charge is 0.484 e. The normalized spacial score (nSPS) is 20.4. The first-order valence-corrected chi connectivity index (χ1v) is 10.8. The summed E-state index contributed by atoms with van der Waals surface area (Å²) in [4.78, 5) is 17.0. The molecule has 4 rings (SSSR count). The molecule has 0 radical (unpaired) electrons. The van der Waals surface area contributed by atoms with Gasteiger partial charge in [-0.1, -0.05) is 48.5 Å². The summed E-state index contributed by atoms with van der Waals surface area (Å²) in [7, 11) is 0. The molecule has 1 amide bonds. The van der Waals surface area contributed by atoms with Crippen LogP contribution in [0.15, 0.2) is 54.6 Å². The van der Waals surface area contributed by atoms with Crippen LogP contribution >= 0.6 is 11.8 Å². The van der Waals surface area contributed by atoms with E-state index in [1.807, 2.05) is 34.9 Å². The highest BCUT2D eigenvalue weighted by Crippen LogP contribution is 2.31. The number of amides is 1. The fourth-order valence-electron chi connectivity index (χ4n) is 3.72. The fourth-order valence-corrected chi connectivity index (χ4v) is 4.62. The van der Waals surface area contributed by atoms with E-state index in [1.54, 1.807) is 0 Å². The lowest BCUT2D eigenvalue weighted by atomic mass is 10.1. The molecule has 142 valence electrons. The summed E-state index contributed by atoms with van der Waals surface area (Å²) in [5.41, 5.74) is 2.37. The third-order valence-corrected chi connectivity index (χ3v) is 6.18. The van der Waals surface area contributed by atoms with Crippen molar-refractivity contribution >= 4 is 17.7 Å². The van der Waals surface area contributed by atoms with Crippen molar-refractivity contribution in [2.45, 2.75) is 19.1 Å². The van der Waals surface area contributed by atoms with Crippen molar-refractivity contribution in [2.24, 2.45) is 0 Å². The van der Waals surface area contributed by atoms with E-state index in [2.05, 4.69) is 41.3 Å². The van der Waals surface area contributed by atoms with Gasteiger partial charge in [-0.05, 0) is 11.6 Å². The molecule has 0 spiro atoms. The van der Waals surface area contributed by atoms with Crippen LogP contribution in [0.3, 0.4) is 0 Å². The van der Waals surface area contributed by atoms with Crippen LogP contribution in [0.2, 0.25) is 0 Å². The van der Waals surface area contributed by atoms with Gasteiger partial charge in [0.25, 0.3) is 0 Å². The quantitative estimate of drug-likeness (QED) is 0.809. The number of hydrogen-bond acceptors (Lipinski definition) is 4. The third kappa shape index (κ3) is 4.66. The summed E-state index contributed by atoms with van der Waals surface area (Å²) in [5.74, 6) is 3.36. The molecule has 27 heavy (non-hydrogen) atoms. The molecule has 5 heteroatoms. The lowest BCUT2D eigenvalue weighted by Gasteiger charge is -2.28. The maximum atomic E-state index is 12.6. The van der Waals surface area contributed by atoms with Crippen molar-refractivity contribution in [3.63, 3.8) is 0 Å². The van der Waals surface area contributed by atoms with Crippen LogP contribution in [-0.2, 0) is 11.3 Å². The maximum Gasteiger partial charge on any atom is 0.223 e. The number of nitrogens with zero attached hydrogens (tertiary/aromatic N) is 2. The maximum absolute atomic E-state index is 12.6. The zero-order chi connectivity index (χ0) is 18.5. The summed E-state index contributed by atoms with van der Waals surface area (Å²) in [6.07, 6.45) is 0.560. The molecular formula is C22H26N2O2S. The highest BCUT2D eigenvalue weighted by Gasteiger charge is 2.25. The van der Waals surface area contributed by atoms with E-state index in [4.69, 9.17) is 4.74 Å². The number of rotatable bonds is 4. The average Bonchev–Trinajstić information content (AvgIpc) is 2.92. The minimum absolute atomic E-state index is 0.0173. The van der Waals surface area contributed by atoms with Gasteiger partial charge in [0.05, 0.1) is 0 Å². The highest BCUT2D eigenvalue weighted by atomic mass is 32.2. The van der Waals surface area contributed by atoms with Crippen LogP contribution in [0.4, 0.5) is 0 Å². The van der Waals surface area contributed by atoms with Gasteiger partial charge in [-0.3, -0.25) is 9.69 Å². The van der Waals surface area contributed by atoms with Crippen LogP contribution in [0.1, 0.15) is 23.7 Å². The lowest BCUT2D eigenvalue weighted by Crippen LogP contribution is -2.40. The summed E-state index contributed by atoms with van der Waals surface area (Å²) in [5, 5.41) is 0. The zero-order valence-electron chi connectivity index (χ0n) is 15.5. The Labute approximate surface area is 165 Å². The summed E-state index contributed by atoms with van der Waals surface area (Å²) in [6.45, 7) is 4.16. The number of carbonyl (C=O) groups excluding carboxylic acids is 1. The van der Waals surface area contributed by atoms with Crippen LogP contribution in [-0.4, -0.2) is 53.4 Å². The van der Waals surface area contributed by atoms with Gasteiger partial charge < -0.3 is 9.64 Å². The number of fused-ring (bicyclic) bond motifs is 1. The molecule has 0 saturated carbocycles. The molecule has 0 N–H and O–H groups in total. The second kappa shape index (κ2) is 8.81. The van der Waals surface area contributed by atoms with E-state index in [9.17, 15) is 4.79 Å². The van der Waals surface area contributed by atoms with E-state index >= 15 is 0 Å². The van der Waals surface area contributed by atoms with Gasteiger partial charge in [-0.2, -0.15) is 11.8 Å². The van der Waals surface area contributed by atoms with E-state index in [1.165, 1.54) is 11.1 Å². The second-order valence-electron chi connectivity index (χ2n) is 7.10. The summed E-state index contributed by atoms with van der Waals surface area (Å²) in [6, 6.07) is 18.6. The Morgan fingerprint density at radius 3 is 2.59 bits per heavy atom. The second-order valence-corrected chi connectivity index (χ2v) is 8.33. The first-order chi connectivity index (χ1) is 13.3. The van der Waals surface area contributed by atoms with E-state index < -0.39 is 0 Å². The first kappa shape index (κ1) is 18.4. The van der Waals surface area contributed by atoms with Crippen molar-refractivity contribution in [3.05, 3.63) is 65.7 Å². The molecule has 2 aliphatic rings. The molecule has 2 heterocycles. The predicted octanol–water partition coefficient (Wildman–Crippen LogP) is 3.59. The molecule has 4 nitrogen and oxygen atoms in total. The Bertz CT molecular complexity index is 762. The van der Waals surface area contributed by atoms with Gasteiger partial charge in [-0.25, -0.2) is 0 Å². The molecule has 1 saturated heterocycles. The number of ether oxygens (including phenoxy) is 1. The Balaban J connectivity index is 1.47. The lowest BCUT2D eigenvalue weighted by molar-refractivity contribution is -0.131. The Morgan fingerprint density at radius 2 is 1.78 bits per heavy atom. The van der Waals surface area contributed by atoms with Crippen LogP contribution in [0.5, 0.6) is 5.75 Å². The molecule has 0 bridgehead atoms. The van der Waals surface area contributed by atoms with Crippen molar-refractivity contribution in [1.82, 2.24) is 9.80 Å². The van der Waals surface area contributed by atoms with E-state index in [0.29, 0.717) is 6.42 Å².